The summed E-state index contributed by atoms with van der Waals surface area (Å²) < 4.78 is 4.72. The van der Waals surface area contributed by atoms with Gasteiger partial charge in [-0.1, -0.05) is 90.7 Å². The van der Waals surface area contributed by atoms with Crippen molar-refractivity contribution in [2.24, 2.45) is 0 Å². The number of hydrogen-bond donors (Lipinski definition) is 0. The van der Waals surface area contributed by atoms with Gasteiger partial charge in [0.25, 0.3) is 0 Å². The van der Waals surface area contributed by atoms with E-state index in [1.807, 2.05) is 79.1 Å². The third kappa shape index (κ3) is 6.23. The normalized spacial score (nSPS) is 10.9. The number of rotatable bonds is 4. The number of aromatic nitrogens is 4. The number of hydrogen-bond acceptors (Lipinski definition) is 4. The van der Waals surface area contributed by atoms with E-state index in [-0.39, 0.29) is 20.1 Å². The molecule has 1 radical (unpaired) electrons. The fourth-order valence-electron chi connectivity index (χ4n) is 6.21. The quantitative estimate of drug-likeness (QED) is 0.166. The molecule has 0 N–H and O–H groups in total. The molecule has 0 unspecified atom stereocenters. The third-order valence-electron chi connectivity index (χ3n) is 8.49. The van der Waals surface area contributed by atoms with E-state index in [1.54, 1.807) is 6.20 Å². The zero-order chi connectivity index (χ0) is 32.5. The fourth-order valence-corrected chi connectivity index (χ4v) is 7.52. The monoisotopic (exact) mass is 827 g/mol. The Labute approximate surface area is 303 Å². The largest absolute Gasteiger partial charge is 0.332 e. The van der Waals surface area contributed by atoms with Crippen molar-refractivity contribution in [1.29, 1.82) is 0 Å². The zero-order valence-corrected chi connectivity index (χ0v) is 30.1. The van der Waals surface area contributed by atoms with Gasteiger partial charge in [0, 0.05) is 42.9 Å². The number of benzene rings is 5. The van der Waals surface area contributed by atoms with Gasteiger partial charge in [-0.15, -0.1) is 53.6 Å². The van der Waals surface area contributed by atoms with Crippen LogP contribution in [0.5, 0.6) is 0 Å². The van der Waals surface area contributed by atoms with Crippen molar-refractivity contribution in [1.82, 2.24) is 19.5 Å². The molecule has 0 saturated heterocycles. The fraction of sp³-hybridized carbons (Fsp3) is 0.0465. The number of para-hydroxylation sites is 1. The first-order valence-corrected chi connectivity index (χ1v) is 16.7. The minimum atomic E-state index is 0. The Morgan fingerprint density at radius 2 is 1.47 bits per heavy atom. The van der Waals surface area contributed by atoms with E-state index >= 15 is 0 Å². The Morgan fingerprint density at radius 1 is 0.694 bits per heavy atom. The molecule has 5 aromatic carbocycles. The smallest absolute Gasteiger partial charge is 0.0851 e. The molecule has 0 bridgehead atoms. The maximum atomic E-state index is 5.13. The second-order valence-electron chi connectivity index (χ2n) is 11.6. The molecular formula is C43H30IrN4S-2. The Morgan fingerprint density at radius 3 is 2.22 bits per heavy atom. The van der Waals surface area contributed by atoms with Crippen molar-refractivity contribution in [3.63, 3.8) is 0 Å². The second kappa shape index (κ2) is 14.1. The second-order valence-corrected chi connectivity index (χ2v) is 12.6. The Hall–Kier alpha value is -5.26. The first-order chi connectivity index (χ1) is 23.7. The summed E-state index contributed by atoms with van der Waals surface area (Å²) in [5, 5.41) is 2.56. The molecule has 4 heterocycles. The van der Waals surface area contributed by atoms with E-state index in [0.717, 1.165) is 45.1 Å². The van der Waals surface area contributed by atoms with E-state index in [2.05, 4.69) is 112 Å². The SMILES string of the molecule is Cc1c[c-]c(-c2nc3ccnc(C)c3n2-c2ccccc2)c2sc3cc(-c4ccccc4)ccc3c12.[Ir].[c-]1ccccc1-c1ccccn1. The first-order valence-electron chi connectivity index (χ1n) is 15.9. The average molecular weight is 827 g/mol. The van der Waals surface area contributed by atoms with Crippen molar-refractivity contribution in [3.05, 3.63) is 169 Å². The number of imidazole rings is 1. The van der Waals surface area contributed by atoms with Gasteiger partial charge >= 0.3 is 0 Å². The molecule has 9 aromatic rings. The van der Waals surface area contributed by atoms with Crippen LogP contribution >= 0.6 is 11.3 Å². The van der Waals surface area contributed by atoms with Crippen LogP contribution in [-0.2, 0) is 20.1 Å². The van der Waals surface area contributed by atoms with Crippen LogP contribution in [0, 0.1) is 26.0 Å². The minimum absolute atomic E-state index is 0. The van der Waals surface area contributed by atoms with Crippen LogP contribution in [0.2, 0.25) is 0 Å². The Balaban J connectivity index is 0.000000246. The van der Waals surface area contributed by atoms with Gasteiger partial charge in [-0.2, -0.15) is 11.3 Å². The zero-order valence-electron chi connectivity index (χ0n) is 26.9. The number of fused-ring (bicyclic) bond motifs is 4. The van der Waals surface area contributed by atoms with Gasteiger partial charge in [-0.05, 0) is 64.2 Å². The predicted molar refractivity (Wildman–Crippen MR) is 199 cm³/mol. The minimum Gasteiger partial charge on any atom is -0.332 e. The molecule has 9 rings (SSSR count). The van der Waals surface area contributed by atoms with Gasteiger partial charge in [0.1, 0.15) is 0 Å². The summed E-state index contributed by atoms with van der Waals surface area (Å²) in [6, 6.07) is 52.3. The van der Waals surface area contributed by atoms with Crippen LogP contribution < -0.4 is 0 Å². The Kier molecular flexibility index (Phi) is 9.27. The molecule has 4 nitrogen and oxygen atoms in total. The molecule has 6 heteroatoms. The van der Waals surface area contributed by atoms with E-state index < -0.39 is 0 Å². The molecule has 4 aromatic heterocycles. The van der Waals surface area contributed by atoms with Crippen LogP contribution in [0.3, 0.4) is 0 Å². The molecule has 0 saturated carbocycles. The molecule has 0 spiro atoms. The van der Waals surface area contributed by atoms with Gasteiger partial charge < -0.3 is 9.55 Å². The van der Waals surface area contributed by atoms with E-state index in [9.17, 15) is 0 Å². The van der Waals surface area contributed by atoms with Crippen molar-refractivity contribution >= 4 is 42.5 Å². The maximum Gasteiger partial charge on any atom is 0.0851 e. The summed E-state index contributed by atoms with van der Waals surface area (Å²) in [6.07, 6.45) is 3.62. The van der Waals surface area contributed by atoms with Crippen LogP contribution in [0.25, 0.3) is 70.7 Å². The van der Waals surface area contributed by atoms with Crippen LogP contribution in [0.1, 0.15) is 11.3 Å². The van der Waals surface area contributed by atoms with Crippen molar-refractivity contribution in [2.45, 2.75) is 13.8 Å². The Bertz CT molecular complexity index is 2470. The summed E-state index contributed by atoms with van der Waals surface area (Å²) >= 11 is 1.82. The number of nitrogens with zero attached hydrogens (tertiary/aromatic N) is 4. The first kappa shape index (κ1) is 32.3. The average Bonchev–Trinajstić information content (AvgIpc) is 3.74. The molecule has 49 heavy (non-hydrogen) atoms. The summed E-state index contributed by atoms with van der Waals surface area (Å²) in [7, 11) is 0. The van der Waals surface area contributed by atoms with Crippen LogP contribution in [-0.4, -0.2) is 19.5 Å². The molecule has 0 aliphatic heterocycles. The number of pyridine rings is 2. The van der Waals surface area contributed by atoms with E-state index in [4.69, 9.17) is 4.98 Å². The van der Waals surface area contributed by atoms with Gasteiger partial charge in [-0.3, -0.25) is 9.97 Å². The third-order valence-corrected chi connectivity index (χ3v) is 9.66. The van der Waals surface area contributed by atoms with E-state index in [1.165, 1.54) is 36.9 Å². The van der Waals surface area contributed by atoms with Gasteiger partial charge in [0.15, 0.2) is 0 Å². The van der Waals surface area contributed by atoms with Gasteiger partial charge in [-0.25, -0.2) is 0 Å². The summed E-state index contributed by atoms with van der Waals surface area (Å²) in [5.74, 6) is 0.895. The number of aryl methyl sites for hydroxylation is 2. The maximum absolute atomic E-state index is 5.13. The summed E-state index contributed by atoms with van der Waals surface area (Å²) in [5.41, 5.74) is 10.7. The topological polar surface area (TPSA) is 43.6 Å². The van der Waals surface area contributed by atoms with E-state index in [0.29, 0.717) is 0 Å². The summed E-state index contributed by atoms with van der Waals surface area (Å²) in [4.78, 5) is 13.9. The number of thiophene rings is 1. The standard InChI is InChI=1S/C32H22N3S.C11H8N.Ir/c1-20-13-15-26(31-29(20)25-16-14-23(19-28(25)36-31)22-9-5-3-6-10-22)32-34-27-17-18-33-21(2)30(27)35(32)24-11-7-4-8-12-24;1-2-6-10(7-3-1)11-8-4-5-9-12-11;/h3-14,16-19H,1-2H3;1-6,8-9H;/q2*-1;. The molecule has 239 valence electrons. The molecule has 0 atom stereocenters. The molecule has 0 amide bonds. The van der Waals surface area contributed by atoms with Crippen molar-refractivity contribution < 1.29 is 20.1 Å². The molecule has 0 aliphatic rings. The molecular weight excluding hydrogens is 797 g/mol. The van der Waals surface area contributed by atoms with Gasteiger partial charge in [0.05, 0.1) is 22.6 Å². The predicted octanol–water partition coefficient (Wildman–Crippen LogP) is 11.1. The van der Waals surface area contributed by atoms with Crippen LogP contribution in [0.4, 0.5) is 0 Å². The molecule has 0 aliphatic carbocycles. The van der Waals surface area contributed by atoms with Crippen molar-refractivity contribution in [3.8, 4) is 39.5 Å². The van der Waals surface area contributed by atoms with Crippen LogP contribution in [0.15, 0.2) is 146 Å². The van der Waals surface area contributed by atoms with Crippen molar-refractivity contribution in [2.75, 3.05) is 0 Å². The molecule has 0 fully saturated rings. The summed E-state index contributed by atoms with van der Waals surface area (Å²) in [6.45, 7) is 4.22. The van der Waals surface area contributed by atoms with Gasteiger partial charge in [0.2, 0.25) is 0 Å².